The fraction of sp³-hybridized carbons (Fsp3) is 0.938. The third-order valence-corrected chi connectivity index (χ3v) is 5.08. The fourth-order valence-corrected chi connectivity index (χ4v) is 3.67. The number of nitrogens with zero attached hydrogens (tertiary/aromatic N) is 2. The predicted molar refractivity (Wildman–Crippen MR) is 77.2 cm³/mol. The first-order valence-corrected chi connectivity index (χ1v) is 7.96. The summed E-state index contributed by atoms with van der Waals surface area (Å²) in [4.78, 5) is 1.90. The Labute approximate surface area is 130 Å². The zero-order valence-corrected chi connectivity index (χ0v) is 13.5. The van der Waals surface area contributed by atoms with Crippen LogP contribution < -0.4 is 0 Å². The Hall–Kier alpha value is -0.800. The summed E-state index contributed by atoms with van der Waals surface area (Å²) in [6.45, 7) is 5.27. The third kappa shape index (κ3) is 3.41. The largest absolute Gasteiger partial charge is 0.419 e. The van der Waals surface area contributed by atoms with Crippen LogP contribution >= 0.6 is 0 Å². The van der Waals surface area contributed by atoms with Gasteiger partial charge in [-0.25, -0.2) is 0 Å². The summed E-state index contributed by atoms with van der Waals surface area (Å²) in [5, 5.41) is 8.86. The first-order valence-electron chi connectivity index (χ1n) is 7.96. The van der Waals surface area contributed by atoms with Crippen LogP contribution in [0.4, 0.5) is 13.2 Å². The summed E-state index contributed by atoms with van der Waals surface area (Å²) < 4.78 is 45.1. The molecule has 0 aromatic carbocycles. The Kier molecular flexibility index (Phi) is 4.79. The molecule has 0 spiro atoms. The Morgan fingerprint density at radius 2 is 1.82 bits per heavy atom. The Morgan fingerprint density at radius 3 is 2.23 bits per heavy atom. The van der Waals surface area contributed by atoms with E-state index in [0.717, 1.165) is 25.7 Å². The van der Waals surface area contributed by atoms with Crippen LogP contribution in [0.25, 0.3) is 0 Å². The Balaban J connectivity index is 1.92. The number of hydrogen-bond donors (Lipinski definition) is 0. The van der Waals surface area contributed by atoms with Gasteiger partial charge in [0.25, 0.3) is 0 Å². The molecule has 0 N–H and O–H groups in total. The number of halogens is 3. The number of ether oxygens (including phenoxy) is 1. The van der Waals surface area contributed by atoms with Crippen molar-refractivity contribution in [3.8, 4) is 6.07 Å². The van der Waals surface area contributed by atoms with Gasteiger partial charge < -0.3 is 4.74 Å². The van der Waals surface area contributed by atoms with Crippen LogP contribution in [0, 0.1) is 16.7 Å². The normalized spacial score (nSPS) is 32.5. The summed E-state index contributed by atoms with van der Waals surface area (Å²) in [7, 11) is 0. The van der Waals surface area contributed by atoms with Gasteiger partial charge in [0.1, 0.15) is 0 Å². The summed E-state index contributed by atoms with van der Waals surface area (Å²) in [6, 6.07) is 2.41. The van der Waals surface area contributed by atoms with Gasteiger partial charge in [-0.05, 0) is 44.9 Å². The van der Waals surface area contributed by atoms with Gasteiger partial charge in [0.2, 0.25) is 0 Å². The maximum absolute atomic E-state index is 13.3. The van der Waals surface area contributed by atoms with Crippen LogP contribution in [0.2, 0.25) is 0 Å². The molecule has 1 saturated heterocycles. The first kappa shape index (κ1) is 17.6. The Bertz CT molecular complexity index is 428. The van der Waals surface area contributed by atoms with Crippen molar-refractivity contribution in [3.63, 3.8) is 0 Å². The van der Waals surface area contributed by atoms with Crippen molar-refractivity contribution < 1.29 is 17.9 Å². The van der Waals surface area contributed by atoms with Crippen LogP contribution in [0.15, 0.2) is 0 Å². The van der Waals surface area contributed by atoms with Crippen molar-refractivity contribution >= 4 is 0 Å². The van der Waals surface area contributed by atoms with Gasteiger partial charge in [-0.3, -0.25) is 4.90 Å². The molecule has 2 rings (SSSR count). The standard InChI is InChI=1S/C16H25F3N2O/c1-12(2)22-15(16(17,18)19)10-21(11-15)13-4-6-14(3,7-5-13)8-9-20/h12-13H,4-8,10-11H2,1-3H3/t13-,14-. The van der Waals surface area contributed by atoms with Gasteiger partial charge >= 0.3 is 6.18 Å². The van der Waals surface area contributed by atoms with Gasteiger partial charge in [-0.1, -0.05) is 6.92 Å². The molecule has 1 aliphatic carbocycles. The second-order valence-electron chi connectivity index (χ2n) is 7.44. The molecule has 0 aromatic heterocycles. The van der Waals surface area contributed by atoms with E-state index in [1.165, 1.54) is 0 Å². The molecule has 6 heteroatoms. The molecule has 0 bridgehead atoms. The van der Waals surface area contributed by atoms with Gasteiger partial charge in [-0.15, -0.1) is 0 Å². The molecule has 0 radical (unpaired) electrons. The SMILES string of the molecule is CC(C)OC1(C(F)(F)F)CN([C@H]2CC[C@](C)(CC#N)CC2)C1. The molecule has 1 aliphatic heterocycles. The highest BCUT2D eigenvalue weighted by atomic mass is 19.4. The van der Waals surface area contributed by atoms with Crippen molar-refractivity contribution in [2.75, 3.05) is 13.1 Å². The first-order chi connectivity index (χ1) is 10.1. The number of likely N-dealkylation sites (tertiary alicyclic amines) is 1. The van der Waals surface area contributed by atoms with E-state index in [0.29, 0.717) is 6.42 Å². The minimum Gasteiger partial charge on any atom is -0.360 e. The highest BCUT2D eigenvalue weighted by Gasteiger charge is 2.64. The number of alkyl halides is 3. The predicted octanol–water partition coefficient (Wildman–Crippen LogP) is 3.89. The monoisotopic (exact) mass is 318 g/mol. The summed E-state index contributed by atoms with van der Waals surface area (Å²) in [5.74, 6) is 0. The molecule has 22 heavy (non-hydrogen) atoms. The average molecular weight is 318 g/mol. The van der Waals surface area contributed by atoms with Gasteiger partial charge in [0.15, 0.2) is 5.60 Å². The van der Waals surface area contributed by atoms with Crippen molar-refractivity contribution in [2.45, 2.75) is 76.8 Å². The minimum atomic E-state index is -4.32. The van der Waals surface area contributed by atoms with Crippen molar-refractivity contribution in [1.29, 1.82) is 5.26 Å². The van der Waals surface area contributed by atoms with Crippen LogP contribution in [-0.2, 0) is 4.74 Å². The molecular weight excluding hydrogens is 293 g/mol. The lowest BCUT2D eigenvalue weighted by molar-refractivity contribution is -0.332. The second-order valence-corrected chi connectivity index (χ2v) is 7.44. The highest BCUT2D eigenvalue weighted by Crippen LogP contribution is 2.46. The fourth-order valence-electron chi connectivity index (χ4n) is 3.67. The molecule has 3 nitrogen and oxygen atoms in total. The maximum Gasteiger partial charge on any atom is 0.419 e. The molecule has 0 aromatic rings. The summed E-state index contributed by atoms with van der Waals surface area (Å²) in [5.41, 5.74) is -1.96. The smallest absolute Gasteiger partial charge is 0.360 e. The zero-order chi connectivity index (χ0) is 16.6. The molecule has 2 aliphatic rings. The molecule has 0 unspecified atom stereocenters. The summed E-state index contributed by atoms with van der Waals surface area (Å²) in [6.07, 6.45) is -0.673. The van der Waals surface area contributed by atoms with Crippen molar-refractivity contribution in [3.05, 3.63) is 0 Å². The second kappa shape index (κ2) is 6.01. The van der Waals surface area contributed by atoms with Gasteiger partial charge in [0.05, 0.1) is 12.2 Å². The quantitative estimate of drug-likeness (QED) is 0.789. The molecule has 0 atom stereocenters. The minimum absolute atomic E-state index is 0.0334. The van der Waals surface area contributed by atoms with E-state index in [2.05, 4.69) is 13.0 Å². The van der Waals surface area contributed by atoms with E-state index in [9.17, 15) is 13.2 Å². The van der Waals surface area contributed by atoms with Gasteiger partial charge in [0, 0.05) is 25.6 Å². The lowest BCUT2D eigenvalue weighted by Crippen LogP contribution is -2.73. The number of nitriles is 1. The maximum atomic E-state index is 13.3. The number of rotatable bonds is 4. The third-order valence-electron chi connectivity index (χ3n) is 5.08. The van der Waals surface area contributed by atoms with Crippen molar-refractivity contribution in [2.24, 2.45) is 5.41 Å². The van der Waals surface area contributed by atoms with Crippen LogP contribution in [0.5, 0.6) is 0 Å². The van der Waals surface area contributed by atoms with E-state index in [-0.39, 0.29) is 24.5 Å². The van der Waals surface area contributed by atoms with E-state index in [1.807, 2.05) is 4.90 Å². The van der Waals surface area contributed by atoms with E-state index < -0.39 is 17.9 Å². The zero-order valence-electron chi connectivity index (χ0n) is 13.5. The topological polar surface area (TPSA) is 36.3 Å². The van der Waals surface area contributed by atoms with Crippen LogP contribution in [0.1, 0.15) is 52.9 Å². The summed E-state index contributed by atoms with van der Waals surface area (Å²) >= 11 is 0. The molecule has 1 heterocycles. The van der Waals surface area contributed by atoms with Crippen molar-refractivity contribution in [1.82, 2.24) is 4.90 Å². The van der Waals surface area contributed by atoms with Gasteiger partial charge in [-0.2, -0.15) is 18.4 Å². The molecule has 126 valence electrons. The van der Waals surface area contributed by atoms with E-state index in [1.54, 1.807) is 13.8 Å². The molecule has 0 amide bonds. The molecule has 2 fully saturated rings. The highest BCUT2D eigenvalue weighted by molar-refractivity contribution is 5.06. The van der Waals surface area contributed by atoms with E-state index >= 15 is 0 Å². The molecule has 1 saturated carbocycles. The lowest BCUT2D eigenvalue weighted by Gasteiger charge is -2.55. The van der Waals surface area contributed by atoms with Crippen LogP contribution in [0.3, 0.4) is 0 Å². The molecular formula is C16H25F3N2O. The van der Waals surface area contributed by atoms with Crippen LogP contribution in [-0.4, -0.2) is 41.9 Å². The Morgan fingerprint density at radius 1 is 1.27 bits per heavy atom. The number of hydrogen-bond acceptors (Lipinski definition) is 3. The van der Waals surface area contributed by atoms with E-state index in [4.69, 9.17) is 10.00 Å². The lowest BCUT2D eigenvalue weighted by atomic mass is 9.71. The average Bonchev–Trinajstić information content (AvgIpc) is 2.33.